The SMILES string of the molecule is c1cc(Nc2nc3ccccc3s2)cc(-c2nc3ncccc3o2)c1. The first kappa shape index (κ1) is 14.1. The Kier molecular flexibility index (Phi) is 3.21. The van der Waals surface area contributed by atoms with E-state index in [2.05, 4.69) is 26.3 Å². The van der Waals surface area contributed by atoms with Gasteiger partial charge in [-0.2, -0.15) is 4.98 Å². The van der Waals surface area contributed by atoms with Gasteiger partial charge < -0.3 is 9.73 Å². The maximum Gasteiger partial charge on any atom is 0.228 e. The summed E-state index contributed by atoms with van der Waals surface area (Å²) < 4.78 is 6.95. The summed E-state index contributed by atoms with van der Waals surface area (Å²) in [5.41, 5.74) is 4.12. The summed E-state index contributed by atoms with van der Waals surface area (Å²) in [5, 5.41) is 4.22. The van der Waals surface area contributed by atoms with E-state index < -0.39 is 0 Å². The zero-order valence-corrected chi connectivity index (χ0v) is 13.8. The van der Waals surface area contributed by atoms with Crippen molar-refractivity contribution in [2.45, 2.75) is 0 Å². The van der Waals surface area contributed by atoms with Gasteiger partial charge in [0, 0.05) is 17.4 Å². The van der Waals surface area contributed by atoms with Gasteiger partial charge in [-0.25, -0.2) is 9.97 Å². The number of aromatic nitrogens is 3. The van der Waals surface area contributed by atoms with Gasteiger partial charge in [-0.05, 0) is 42.5 Å². The number of benzene rings is 2. The van der Waals surface area contributed by atoms with Crippen LogP contribution in [-0.4, -0.2) is 15.0 Å². The highest BCUT2D eigenvalue weighted by atomic mass is 32.1. The molecule has 1 N–H and O–H groups in total. The highest BCUT2D eigenvalue weighted by molar-refractivity contribution is 7.22. The topological polar surface area (TPSA) is 63.8 Å². The van der Waals surface area contributed by atoms with Gasteiger partial charge >= 0.3 is 0 Å². The van der Waals surface area contributed by atoms with E-state index in [0.29, 0.717) is 17.1 Å². The lowest BCUT2D eigenvalue weighted by Crippen LogP contribution is -1.89. The van der Waals surface area contributed by atoms with E-state index in [4.69, 9.17) is 4.42 Å². The highest BCUT2D eigenvalue weighted by Crippen LogP contribution is 2.30. The Morgan fingerprint density at radius 2 is 1.88 bits per heavy atom. The number of rotatable bonds is 3. The monoisotopic (exact) mass is 344 g/mol. The minimum absolute atomic E-state index is 0.557. The lowest BCUT2D eigenvalue weighted by atomic mass is 10.2. The fourth-order valence-electron chi connectivity index (χ4n) is 2.67. The summed E-state index contributed by atoms with van der Waals surface area (Å²) in [6.07, 6.45) is 1.71. The molecule has 0 atom stereocenters. The lowest BCUT2D eigenvalue weighted by molar-refractivity contribution is 0.619. The molecule has 0 bridgehead atoms. The highest BCUT2D eigenvalue weighted by Gasteiger charge is 2.10. The number of pyridine rings is 1. The van der Waals surface area contributed by atoms with Gasteiger partial charge in [0.05, 0.1) is 10.2 Å². The number of nitrogens with one attached hydrogen (secondary N) is 1. The summed E-state index contributed by atoms with van der Waals surface area (Å²) in [7, 11) is 0. The zero-order chi connectivity index (χ0) is 16.6. The number of anilines is 2. The third kappa shape index (κ3) is 2.62. The van der Waals surface area contributed by atoms with E-state index in [9.17, 15) is 0 Å². The van der Waals surface area contributed by atoms with Crippen molar-refractivity contribution >= 4 is 43.6 Å². The normalized spacial score (nSPS) is 11.2. The van der Waals surface area contributed by atoms with Crippen LogP contribution in [0.1, 0.15) is 0 Å². The van der Waals surface area contributed by atoms with E-state index in [1.807, 2.05) is 54.6 Å². The molecule has 6 heteroatoms. The van der Waals surface area contributed by atoms with Crippen molar-refractivity contribution in [2.24, 2.45) is 0 Å². The number of fused-ring (bicyclic) bond motifs is 2. The van der Waals surface area contributed by atoms with Crippen molar-refractivity contribution in [1.82, 2.24) is 15.0 Å². The molecule has 0 aliphatic rings. The molecule has 0 spiro atoms. The fraction of sp³-hybridized carbons (Fsp3) is 0. The molecule has 0 aliphatic heterocycles. The van der Waals surface area contributed by atoms with E-state index >= 15 is 0 Å². The number of thiazole rings is 1. The van der Waals surface area contributed by atoms with Crippen LogP contribution in [0.2, 0.25) is 0 Å². The number of hydrogen-bond acceptors (Lipinski definition) is 6. The first-order valence-corrected chi connectivity index (χ1v) is 8.61. The molecule has 2 aromatic carbocycles. The fourth-order valence-corrected chi connectivity index (χ4v) is 3.56. The molecular weight excluding hydrogens is 332 g/mol. The Bertz CT molecular complexity index is 1130. The van der Waals surface area contributed by atoms with Crippen molar-refractivity contribution in [3.05, 3.63) is 66.9 Å². The summed E-state index contributed by atoms with van der Waals surface area (Å²) in [4.78, 5) is 13.3. The van der Waals surface area contributed by atoms with Gasteiger partial charge in [0.15, 0.2) is 16.4 Å². The number of oxazole rings is 1. The van der Waals surface area contributed by atoms with Gasteiger partial charge in [-0.3, -0.25) is 0 Å². The summed E-state index contributed by atoms with van der Waals surface area (Å²) in [6, 6.07) is 19.7. The smallest absolute Gasteiger partial charge is 0.228 e. The Morgan fingerprint density at radius 1 is 0.920 bits per heavy atom. The molecule has 5 aromatic rings. The second-order valence-electron chi connectivity index (χ2n) is 5.54. The molecule has 3 aromatic heterocycles. The van der Waals surface area contributed by atoms with Gasteiger partial charge in [-0.15, -0.1) is 0 Å². The third-order valence-electron chi connectivity index (χ3n) is 3.82. The Balaban J connectivity index is 1.49. The molecule has 0 fully saturated rings. The van der Waals surface area contributed by atoms with Crippen LogP contribution in [-0.2, 0) is 0 Å². The van der Waals surface area contributed by atoms with Crippen LogP contribution in [0.15, 0.2) is 71.3 Å². The largest absolute Gasteiger partial charge is 0.434 e. The van der Waals surface area contributed by atoms with Crippen LogP contribution in [0.5, 0.6) is 0 Å². The van der Waals surface area contributed by atoms with Crippen molar-refractivity contribution in [3.63, 3.8) is 0 Å². The van der Waals surface area contributed by atoms with Crippen LogP contribution < -0.4 is 5.32 Å². The molecule has 5 nitrogen and oxygen atoms in total. The second-order valence-corrected chi connectivity index (χ2v) is 6.57. The lowest BCUT2D eigenvalue weighted by Gasteiger charge is -2.03. The zero-order valence-electron chi connectivity index (χ0n) is 13.0. The van der Waals surface area contributed by atoms with E-state index in [-0.39, 0.29) is 0 Å². The van der Waals surface area contributed by atoms with Crippen molar-refractivity contribution in [3.8, 4) is 11.5 Å². The maximum absolute atomic E-state index is 5.79. The van der Waals surface area contributed by atoms with Gasteiger partial charge in [0.1, 0.15) is 0 Å². The molecule has 0 radical (unpaired) electrons. The first-order valence-electron chi connectivity index (χ1n) is 7.80. The predicted octanol–water partition coefficient (Wildman–Crippen LogP) is 5.24. The van der Waals surface area contributed by atoms with Crippen LogP contribution >= 0.6 is 11.3 Å². The third-order valence-corrected chi connectivity index (χ3v) is 4.77. The Labute approximate surface area is 147 Å². The molecule has 120 valence electrons. The van der Waals surface area contributed by atoms with Crippen molar-refractivity contribution in [2.75, 3.05) is 5.32 Å². The molecule has 0 saturated heterocycles. The Hall–Kier alpha value is -3.25. The van der Waals surface area contributed by atoms with Crippen LogP contribution in [0.3, 0.4) is 0 Å². The molecule has 5 rings (SSSR count). The van der Waals surface area contributed by atoms with E-state index in [1.54, 1.807) is 17.5 Å². The summed E-state index contributed by atoms with van der Waals surface area (Å²) in [6.45, 7) is 0. The Morgan fingerprint density at radius 3 is 2.80 bits per heavy atom. The summed E-state index contributed by atoms with van der Waals surface area (Å²) in [5.74, 6) is 0.557. The maximum atomic E-state index is 5.79. The second kappa shape index (κ2) is 5.68. The van der Waals surface area contributed by atoms with Gasteiger partial charge in [-0.1, -0.05) is 29.5 Å². The van der Waals surface area contributed by atoms with Crippen LogP contribution in [0, 0.1) is 0 Å². The quantitative estimate of drug-likeness (QED) is 0.485. The summed E-state index contributed by atoms with van der Waals surface area (Å²) >= 11 is 1.63. The van der Waals surface area contributed by atoms with E-state index in [1.165, 1.54) is 0 Å². The average molecular weight is 344 g/mol. The first-order chi connectivity index (χ1) is 12.3. The molecule has 0 amide bonds. The molecule has 3 heterocycles. The number of nitrogens with zero attached hydrogens (tertiary/aromatic N) is 3. The molecule has 0 unspecified atom stereocenters. The molecule has 25 heavy (non-hydrogen) atoms. The van der Waals surface area contributed by atoms with Crippen molar-refractivity contribution in [1.29, 1.82) is 0 Å². The van der Waals surface area contributed by atoms with Crippen LogP contribution in [0.4, 0.5) is 10.8 Å². The minimum Gasteiger partial charge on any atom is -0.434 e. The van der Waals surface area contributed by atoms with Crippen molar-refractivity contribution < 1.29 is 4.42 Å². The van der Waals surface area contributed by atoms with Gasteiger partial charge in [0.25, 0.3) is 0 Å². The van der Waals surface area contributed by atoms with E-state index in [0.717, 1.165) is 26.6 Å². The molecule has 0 aliphatic carbocycles. The van der Waals surface area contributed by atoms with Crippen LogP contribution in [0.25, 0.3) is 32.9 Å². The molecular formula is C19H12N4OS. The minimum atomic E-state index is 0.557. The standard InChI is InChI=1S/C19H12N4OS/c1-2-9-16-14(7-1)22-19(25-16)21-13-6-3-5-12(11-13)18-23-17-15(24-18)8-4-10-20-17/h1-11H,(H,21,22). The predicted molar refractivity (Wildman–Crippen MR) is 100 cm³/mol. The molecule has 0 saturated carbocycles. The van der Waals surface area contributed by atoms with Gasteiger partial charge in [0.2, 0.25) is 5.89 Å². The number of hydrogen-bond donors (Lipinski definition) is 1. The number of para-hydroxylation sites is 1. The average Bonchev–Trinajstić information content (AvgIpc) is 3.25.